The lowest BCUT2D eigenvalue weighted by Crippen LogP contribution is -2.41. The van der Waals surface area contributed by atoms with E-state index in [1.54, 1.807) is 0 Å². The van der Waals surface area contributed by atoms with Crippen LogP contribution < -0.4 is 10.6 Å². The number of likely N-dealkylation sites (tertiary alicyclic amines) is 1. The third kappa shape index (κ3) is 11.3. The van der Waals surface area contributed by atoms with E-state index in [4.69, 9.17) is 0 Å². The highest BCUT2D eigenvalue weighted by Crippen LogP contribution is 2.19. The van der Waals surface area contributed by atoms with Crippen LogP contribution in [0.15, 0.2) is 4.99 Å². The van der Waals surface area contributed by atoms with Gasteiger partial charge in [0.2, 0.25) is 0 Å². The predicted molar refractivity (Wildman–Crippen MR) is 104 cm³/mol. The molecule has 1 fully saturated rings. The zero-order valence-corrected chi connectivity index (χ0v) is 17.3. The highest BCUT2D eigenvalue weighted by Gasteiger charge is 2.26. The van der Waals surface area contributed by atoms with Gasteiger partial charge in [0.25, 0.3) is 0 Å². The highest BCUT2D eigenvalue weighted by atomic mass is 127. The maximum atomic E-state index is 12.2. The summed E-state index contributed by atoms with van der Waals surface area (Å²) >= 11 is 0. The average Bonchev–Trinajstić information content (AvgIpc) is 2.43. The molecule has 1 unspecified atom stereocenters. The molecule has 144 valence electrons. The first-order valence-electron chi connectivity index (χ1n) is 8.61. The maximum absolute atomic E-state index is 12.2. The normalized spacial score (nSPS) is 20.0. The molecule has 0 amide bonds. The number of guanidine groups is 1. The van der Waals surface area contributed by atoms with Crippen molar-refractivity contribution in [2.45, 2.75) is 46.2 Å². The summed E-state index contributed by atoms with van der Waals surface area (Å²) in [5.74, 6) is 1.62. The van der Waals surface area contributed by atoms with Gasteiger partial charge >= 0.3 is 6.18 Å². The van der Waals surface area contributed by atoms with Crippen molar-refractivity contribution >= 4 is 29.9 Å². The minimum absolute atomic E-state index is 0. The van der Waals surface area contributed by atoms with Crippen LogP contribution in [-0.4, -0.2) is 56.3 Å². The molecule has 0 aromatic heterocycles. The number of halogens is 4. The Morgan fingerprint density at radius 2 is 2.00 bits per heavy atom. The summed E-state index contributed by atoms with van der Waals surface area (Å²) in [4.78, 5) is 6.94. The summed E-state index contributed by atoms with van der Waals surface area (Å²) in [5.41, 5.74) is 0. The van der Waals surface area contributed by atoms with E-state index >= 15 is 0 Å². The smallest absolute Gasteiger partial charge is 0.357 e. The standard InChI is InChI=1S/C16H31F3N4.HI/c1-4-20-15(21-8-7-16(17,18)19)22-10-14-6-5-9-23(12-14)11-13(2)3;/h13-14H,4-12H2,1-3H3,(H2,20,21,22);1H. The zero-order valence-electron chi connectivity index (χ0n) is 15.0. The van der Waals surface area contributed by atoms with E-state index in [0.717, 1.165) is 26.1 Å². The Labute approximate surface area is 161 Å². The predicted octanol–water partition coefficient (Wildman–Crippen LogP) is 3.48. The van der Waals surface area contributed by atoms with Crippen LogP contribution in [0.4, 0.5) is 13.2 Å². The molecule has 0 bridgehead atoms. The van der Waals surface area contributed by atoms with Crippen molar-refractivity contribution in [2.75, 3.05) is 39.3 Å². The number of hydrogen-bond acceptors (Lipinski definition) is 2. The van der Waals surface area contributed by atoms with Crippen LogP contribution in [0.2, 0.25) is 0 Å². The lowest BCUT2D eigenvalue weighted by atomic mass is 9.97. The molecule has 24 heavy (non-hydrogen) atoms. The van der Waals surface area contributed by atoms with Crippen LogP contribution in [0.25, 0.3) is 0 Å². The molecule has 0 saturated carbocycles. The van der Waals surface area contributed by atoms with Crippen molar-refractivity contribution in [3.63, 3.8) is 0 Å². The Morgan fingerprint density at radius 3 is 2.58 bits per heavy atom. The fourth-order valence-electron chi connectivity index (χ4n) is 2.87. The lowest BCUT2D eigenvalue weighted by Gasteiger charge is -2.33. The summed E-state index contributed by atoms with van der Waals surface area (Å²) in [5, 5.41) is 5.78. The van der Waals surface area contributed by atoms with Crippen molar-refractivity contribution in [3.05, 3.63) is 0 Å². The largest absolute Gasteiger partial charge is 0.390 e. The summed E-state index contributed by atoms with van der Waals surface area (Å²) in [6, 6.07) is 0. The number of piperidine rings is 1. The van der Waals surface area contributed by atoms with Gasteiger partial charge in [-0.15, -0.1) is 24.0 Å². The number of rotatable bonds is 7. The minimum Gasteiger partial charge on any atom is -0.357 e. The maximum Gasteiger partial charge on any atom is 0.390 e. The number of hydrogen-bond donors (Lipinski definition) is 2. The topological polar surface area (TPSA) is 39.7 Å². The fraction of sp³-hybridized carbons (Fsp3) is 0.938. The van der Waals surface area contributed by atoms with Crippen LogP contribution in [0, 0.1) is 11.8 Å². The molecule has 8 heteroatoms. The summed E-state index contributed by atoms with van der Waals surface area (Å²) in [7, 11) is 0. The van der Waals surface area contributed by atoms with Crippen molar-refractivity contribution in [2.24, 2.45) is 16.8 Å². The molecule has 1 atom stereocenters. The molecule has 1 aliphatic heterocycles. The molecular formula is C16H32F3IN4. The molecule has 0 spiro atoms. The van der Waals surface area contributed by atoms with E-state index < -0.39 is 12.6 Å². The minimum atomic E-state index is -4.13. The Bertz CT molecular complexity index is 362. The van der Waals surface area contributed by atoms with Crippen LogP contribution in [0.3, 0.4) is 0 Å². The van der Waals surface area contributed by atoms with Crippen molar-refractivity contribution in [1.82, 2.24) is 15.5 Å². The van der Waals surface area contributed by atoms with Crippen molar-refractivity contribution in [3.8, 4) is 0 Å². The quantitative estimate of drug-likeness (QED) is 0.345. The van der Waals surface area contributed by atoms with Gasteiger partial charge < -0.3 is 15.5 Å². The summed E-state index contributed by atoms with van der Waals surface area (Å²) < 4.78 is 36.6. The van der Waals surface area contributed by atoms with Crippen LogP contribution >= 0.6 is 24.0 Å². The second-order valence-electron chi connectivity index (χ2n) is 6.67. The molecule has 1 aliphatic rings. The Hall–Kier alpha value is -0.250. The van der Waals surface area contributed by atoms with E-state index in [0.29, 0.717) is 30.9 Å². The van der Waals surface area contributed by atoms with Gasteiger partial charge in [-0.25, -0.2) is 0 Å². The third-order valence-corrected chi connectivity index (χ3v) is 3.78. The Kier molecular flexibility index (Phi) is 12.0. The van der Waals surface area contributed by atoms with Crippen LogP contribution in [-0.2, 0) is 0 Å². The fourth-order valence-corrected chi connectivity index (χ4v) is 2.87. The highest BCUT2D eigenvalue weighted by molar-refractivity contribution is 14.0. The first-order valence-corrected chi connectivity index (χ1v) is 8.61. The van der Waals surface area contributed by atoms with E-state index in [-0.39, 0.29) is 30.5 Å². The third-order valence-electron chi connectivity index (χ3n) is 3.78. The monoisotopic (exact) mass is 464 g/mol. The number of nitrogens with one attached hydrogen (secondary N) is 2. The van der Waals surface area contributed by atoms with Gasteiger partial charge in [-0.05, 0) is 38.1 Å². The van der Waals surface area contributed by atoms with Crippen LogP contribution in [0.5, 0.6) is 0 Å². The summed E-state index contributed by atoms with van der Waals surface area (Å²) in [6.45, 7) is 10.8. The molecule has 0 aromatic carbocycles. The van der Waals surface area contributed by atoms with Crippen molar-refractivity contribution < 1.29 is 13.2 Å². The first-order chi connectivity index (χ1) is 10.8. The average molecular weight is 464 g/mol. The molecule has 1 heterocycles. The molecule has 0 aromatic rings. The molecule has 0 aliphatic carbocycles. The van der Waals surface area contributed by atoms with E-state index in [1.165, 1.54) is 6.42 Å². The van der Waals surface area contributed by atoms with E-state index in [2.05, 4.69) is 34.4 Å². The van der Waals surface area contributed by atoms with Crippen molar-refractivity contribution in [1.29, 1.82) is 0 Å². The number of nitrogens with zero attached hydrogens (tertiary/aromatic N) is 2. The van der Waals surface area contributed by atoms with Gasteiger partial charge in [0.05, 0.1) is 6.42 Å². The second-order valence-corrected chi connectivity index (χ2v) is 6.67. The lowest BCUT2D eigenvalue weighted by molar-refractivity contribution is -0.132. The van der Waals surface area contributed by atoms with E-state index in [9.17, 15) is 13.2 Å². The number of alkyl halides is 3. The molecule has 1 rings (SSSR count). The SMILES string of the molecule is CCNC(=NCC1CCCN(CC(C)C)C1)NCCC(F)(F)F.I. The molecular weight excluding hydrogens is 432 g/mol. The number of aliphatic imine (C=N–C) groups is 1. The molecule has 4 nitrogen and oxygen atoms in total. The van der Waals surface area contributed by atoms with Gasteiger partial charge in [0, 0.05) is 32.7 Å². The zero-order chi connectivity index (χ0) is 17.3. The first kappa shape index (κ1) is 23.8. The van der Waals surface area contributed by atoms with Crippen LogP contribution in [0.1, 0.15) is 40.0 Å². The molecule has 0 radical (unpaired) electrons. The van der Waals surface area contributed by atoms with Gasteiger partial charge in [-0.3, -0.25) is 4.99 Å². The second kappa shape index (κ2) is 12.2. The molecule has 1 saturated heterocycles. The van der Waals surface area contributed by atoms with Gasteiger partial charge in [0.15, 0.2) is 5.96 Å². The van der Waals surface area contributed by atoms with E-state index in [1.807, 2.05) is 6.92 Å². The molecule has 2 N–H and O–H groups in total. The van der Waals surface area contributed by atoms with Gasteiger partial charge in [-0.1, -0.05) is 13.8 Å². The van der Waals surface area contributed by atoms with Gasteiger partial charge in [0.1, 0.15) is 0 Å². The van der Waals surface area contributed by atoms with Gasteiger partial charge in [-0.2, -0.15) is 13.2 Å². The summed E-state index contributed by atoms with van der Waals surface area (Å²) in [6.07, 6.45) is -2.67. The Balaban J connectivity index is 0.00000529. The Morgan fingerprint density at radius 1 is 1.29 bits per heavy atom.